The Labute approximate surface area is 95.0 Å². The first-order chi connectivity index (χ1) is 7.63. The fourth-order valence-electron chi connectivity index (χ4n) is 1.59. The Morgan fingerprint density at radius 2 is 2.06 bits per heavy atom. The van der Waals surface area contributed by atoms with E-state index in [-0.39, 0.29) is 0 Å². The van der Waals surface area contributed by atoms with Crippen molar-refractivity contribution in [1.82, 2.24) is 0 Å². The predicted molar refractivity (Wildman–Crippen MR) is 60.1 cm³/mol. The Balaban J connectivity index is 2.16. The summed E-state index contributed by atoms with van der Waals surface area (Å²) in [6.45, 7) is 2.16. The van der Waals surface area contributed by atoms with E-state index in [0.717, 1.165) is 12.8 Å². The molecule has 0 aliphatic heterocycles. The van der Waals surface area contributed by atoms with Gasteiger partial charge in [0.2, 0.25) is 0 Å². The maximum Gasteiger partial charge on any atom is 0.340 e. The molecule has 1 saturated carbocycles. The van der Waals surface area contributed by atoms with Gasteiger partial charge in [-0.25, -0.2) is 4.79 Å². The minimum atomic E-state index is -1.22. The Morgan fingerprint density at radius 3 is 2.56 bits per heavy atom. The van der Waals surface area contributed by atoms with Crippen LogP contribution in [0.4, 0.5) is 0 Å². The molecule has 1 unspecified atom stereocenters. The van der Waals surface area contributed by atoms with Gasteiger partial charge in [0.1, 0.15) is 0 Å². The number of hydrogen-bond donors (Lipinski definition) is 1. The molecule has 0 saturated heterocycles. The smallest absolute Gasteiger partial charge is 0.340 e. The molecule has 2 rings (SSSR count). The van der Waals surface area contributed by atoms with Crippen molar-refractivity contribution >= 4 is 5.97 Å². The van der Waals surface area contributed by atoms with Crippen LogP contribution in [0.15, 0.2) is 30.3 Å². The molecule has 16 heavy (non-hydrogen) atoms. The van der Waals surface area contributed by atoms with Crippen LogP contribution in [0.1, 0.15) is 25.3 Å². The molecule has 1 aromatic carbocycles. The van der Waals surface area contributed by atoms with Crippen LogP contribution in [0.3, 0.4) is 0 Å². The van der Waals surface area contributed by atoms with Crippen LogP contribution >= 0.6 is 0 Å². The first-order valence-corrected chi connectivity index (χ1v) is 5.56. The quantitative estimate of drug-likeness (QED) is 0.828. The molecule has 0 heterocycles. The minimum Gasteiger partial charge on any atom is -0.479 e. The summed E-state index contributed by atoms with van der Waals surface area (Å²) in [5, 5.41) is 9.29. The lowest BCUT2D eigenvalue weighted by Gasteiger charge is -2.25. The van der Waals surface area contributed by atoms with Gasteiger partial charge in [0.05, 0.1) is 6.61 Å². The first kappa shape index (κ1) is 11.1. The summed E-state index contributed by atoms with van der Waals surface area (Å²) in [4.78, 5) is 11.3. The van der Waals surface area contributed by atoms with Crippen LogP contribution in [0.2, 0.25) is 0 Å². The van der Waals surface area contributed by atoms with Crippen LogP contribution in [0, 0.1) is 5.92 Å². The number of benzene rings is 1. The van der Waals surface area contributed by atoms with Gasteiger partial charge in [0.15, 0.2) is 5.60 Å². The number of carboxylic acid groups (broad SMARTS) is 1. The topological polar surface area (TPSA) is 46.5 Å². The fourth-order valence-corrected chi connectivity index (χ4v) is 1.59. The first-order valence-electron chi connectivity index (χ1n) is 5.56. The highest BCUT2D eigenvalue weighted by atomic mass is 16.5. The van der Waals surface area contributed by atoms with Gasteiger partial charge in [-0.1, -0.05) is 30.3 Å². The molecule has 3 heteroatoms. The van der Waals surface area contributed by atoms with Crippen LogP contribution in [-0.2, 0) is 15.1 Å². The molecule has 1 atom stereocenters. The van der Waals surface area contributed by atoms with Crippen molar-refractivity contribution in [3.63, 3.8) is 0 Å². The third kappa shape index (κ3) is 2.25. The van der Waals surface area contributed by atoms with Crippen molar-refractivity contribution in [2.75, 3.05) is 6.61 Å². The molecule has 1 aromatic rings. The van der Waals surface area contributed by atoms with Crippen molar-refractivity contribution in [3.8, 4) is 0 Å². The second-order valence-electron chi connectivity index (χ2n) is 4.46. The van der Waals surface area contributed by atoms with Crippen LogP contribution in [0.25, 0.3) is 0 Å². The lowest BCUT2D eigenvalue weighted by atomic mass is 9.96. The van der Waals surface area contributed by atoms with Crippen molar-refractivity contribution in [2.24, 2.45) is 5.92 Å². The van der Waals surface area contributed by atoms with E-state index >= 15 is 0 Å². The number of carbonyl (C=O) groups is 1. The van der Waals surface area contributed by atoms with E-state index in [4.69, 9.17) is 4.74 Å². The van der Waals surface area contributed by atoms with Crippen molar-refractivity contribution < 1.29 is 14.6 Å². The second-order valence-corrected chi connectivity index (χ2v) is 4.46. The van der Waals surface area contributed by atoms with Gasteiger partial charge in [-0.15, -0.1) is 0 Å². The van der Waals surface area contributed by atoms with Gasteiger partial charge in [-0.05, 0) is 31.2 Å². The average molecular weight is 220 g/mol. The Morgan fingerprint density at radius 1 is 1.44 bits per heavy atom. The number of hydrogen-bond acceptors (Lipinski definition) is 2. The van der Waals surface area contributed by atoms with Crippen LogP contribution < -0.4 is 0 Å². The van der Waals surface area contributed by atoms with Crippen molar-refractivity contribution in [3.05, 3.63) is 35.9 Å². The molecule has 1 N–H and O–H groups in total. The summed E-state index contributed by atoms with van der Waals surface area (Å²) >= 11 is 0. The summed E-state index contributed by atoms with van der Waals surface area (Å²) in [5.74, 6) is -0.373. The summed E-state index contributed by atoms with van der Waals surface area (Å²) in [7, 11) is 0. The summed E-state index contributed by atoms with van der Waals surface area (Å²) in [6, 6.07) is 9.11. The maximum absolute atomic E-state index is 11.3. The second kappa shape index (κ2) is 4.26. The Bertz CT molecular complexity index is 370. The third-order valence-electron chi connectivity index (χ3n) is 3.04. The predicted octanol–water partition coefficient (Wildman–Crippen LogP) is 2.41. The Hall–Kier alpha value is -1.35. The van der Waals surface area contributed by atoms with Gasteiger partial charge in [-0.3, -0.25) is 0 Å². The molecule has 1 aliphatic carbocycles. The molecule has 0 amide bonds. The fraction of sp³-hybridized carbons (Fsp3) is 0.462. The van der Waals surface area contributed by atoms with Gasteiger partial charge >= 0.3 is 5.97 Å². The monoisotopic (exact) mass is 220 g/mol. The SMILES string of the molecule is CC(OCC1CC1)(C(=O)O)c1ccccc1. The lowest BCUT2D eigenvalue weighted by Crippen LogP contribution is -2.36. The molecule has 0 bridgehead atoms. The average Bonchev–Trinajstić information content (AvgIpc) is 3.10. The van der Waals surface area contributed by atoms with Gasteiger partial charge in [0.25, 0.3) is 0 Å². The number of aliphatic carboxylic acids is 1. The summed E-state index contributed by atoms with van der Waals surface area (Å²) in [6.07, 6.45) is 2.31. The Kier molecular flexibility index (Phi) is 2.97. The van der Waals surface area contributed by atoms with E-state index in [1.165, 1.54) is 0 Å². The van der Waals surface area contributed by atoms with E-state index in [2.05, 4.69) is 0 Å². The highest BCUT2D eigenvalue weighted by Gasteiger charge is 2.38. The number of rotatable bonds is 5. The zero-order valence-electron chi connectivity index (χ0n) is 9.35. The normalized spacial score (nSPS) is 19.1. The number of carboxylic acids is 1. The molecule has 0 radical (unpaired) electrons. The summed E-state index contributed by atoms with van der Waals surface area (Å²) in [5.41, 5.74) is -0.521. The van der Waals surface area contributed by atoms with Gasteiger partial charge in [-0.2, -0.15) is 0 Å². The summed E-state index contributed by atoms with van der Waals surface area (Å²) < 4.78 is 5.60. The molecule has 3 nitrogen and oxygen atoms in total. The van der Waals surface area contributed by atoms with Crippen molar-refractivity contribution in [2.45, 2.75) is 25.4 Å². The van der Waals surface area contributed by atoms with E-state index in [1.54, 1.807) is 19.1 Å². The molecule has 1 aliphatic rings. The molecule has 0 aromatic heterocycles. The van der Waals surface area contributed by atoms with E-state index in [9.17, 15) is 9.90 Å². The van der Waals surface area contributed by atoms with Gasteiger partial charge in [0, 0.05) is 0 Å². The van der Waals surface area contributed by atoms with Crippen LogP contribution in [0.5, 0.6) is 0 Å². The molecule has 0 spiro atoms. The highest BCUT2D eigenvalue weighted by molar-refractivity contribution is 5.78. The molecular formula is C13H16O3. The van der Waals surface area contributed by atoms with E-state index in [1.807, 2.05) is 18.2 Å². The van der Waals surface area contributed by atoms with Crippen molar-refractivity contribution in [1.29, 1.82) is 0 Å². The number of ether oxygens (including phenoxy) is 1. The van der Waals surface area contributed by atoms with E-state index < -0.39 is 11.6 Å². The standard InChI is InChI=1S/C13H16O3/c1-13(12(14)15,16-9-10-7-8-10)11-5-3-2-4-6-11/h2-6,10H,7-9H2,1H3,(H,14,15). The van der Waals surface area contributed by atoms with E-state index in [0.29, 0.717) is 18.1 Å². The van der Waals surface area contributed by atoms with Gasteiger partial charge < -0.3 is 9.84 Å². The lowest BCUT2D eigenvalue weighted by molar-refractivity contribution is -0.165. The largest absolute Gasteiger partial charge is 0.479 e. The molecular weight excluding hydrogens is 204 g/mol. The minimum absolute atomic E-state index is 0.539. The zero-order chi connectivity index (χ0) is 11.6. The highest BCUT2D eigenvalue weighted by Crippen LogP contribution is 2.33. The third-order valence-corrected chi connectivity index (χ3v) is 3.04. The maximum atomic E-state index is 11.3. The molecule has 86 valence electrons. The molecule has 1 fully saturated rings. The zero-order valence-corrected chi connectivity index (χ0v) is 9.35. The van der Waals surface area contributed by atoms with Crippen LogP contribution in [-0.4, -0.2) is 17.7 Å².